The maximum absolute atomic E-state index is 13.4. The Hall–Kier alpha value is -2.04. The number of likely N-dealkylation sites (N-methyl/N-ethyl adjacent to an activating group) is 1. The molecule has 1 saturated heterocycles. The normalized spacial score (nSPS) is 19.1. The second kappa shape index (κ2) is 9.62. The van der Waals surface area contributed by atoms with Crippen LogP contribution in [0, 0.1) is 16.0 Å². The van der Waals surface area contributed by atoms with Crippen molar-refractivity contribution in [3.05, 3.63) is 34.4 Å². The molecule has 9 nitrogen and oxygen atoms in total. The van der Waals surface area contributed by atoms with Crippen molar-refractivity contribution in [1.82, 2.24) is 14.5 Å². The monoisotopic (exact) mass is 452 g/mol. The Balaban J connectivity index is 1.73. The largest absolute Gasteiger partial charge is 0.341 e. The molecule has 10 heteroatoms. The number of sulfonamides is 1. The number of nitrogens with zero attached hydrogens (tertiary/aromatic N) is 3. The number of benzene rings is 1. The molecule has 1 aliphatic carbocycles. The van der Waals surface area contributed by atoms with Crippen molar-refractivity contribution in [2.24, 2.45) is 5.92 Å². The van der Waals surface area contributed by atoms with Crippen molar-refractivity contribution in [3.8, 4) is 0 Å². The summed E-state index contributed by atoms with van der Waals surface area (Å²) >= 11 is 0. The van der Waals surface area contributed by atoms with Crippen LogP contribution in [0.3, 0.4) is 0 Å². The summed E-state index contributed by atoms with van der Waals surface area (Å²) in [4.78, 5) is 25.2. The van der Waals surface area contributed by atoms with E-state index in [0.717, 1.165) is 25.3 Å². The van der Waals surface area contributed by atoms with E-state index in [-0.39, 0.29) is 34.6 Å². The van der Waals surface area contributed by atoms with Crippen molar-refractivity contribution in [2.45, 2.75) is 69.0 Å². The van der Waals surface area contributed by atoms with Gasteiger partial charge in [-0.2, -0.15) is 4.31 Å². The number of nitrogens with one attached hydrogen (secondary N) is 1. The van der Waals surface area contributed by atoms with Crippen LogP contribution < -0.4 is 5.32 Å². The molecule has 0 unspecified atom stereocenters. The molecule has 2 fully saturated rings. The van der Waals surface area contributed by atoms with Crippen molar-refractivity contribution in [2.75, 3.05) is 20.1 Å². The van der Waals surface area contributed by atoms with Crippen molar-refractivity contribution >= 4 is 21.6 Å². The summed E-state index contributed by atoms with van der Waals surface area (Å²) in [7, 11) is -2.07. The maximum Gasteiger partial charge on any atom is 0.270 e. The topological polar surface area (TPSA) is 113 Å². The number of hydrogen-bond acceptors (Lipinski definition) is 6. The van der Waals surface area contributed by atoms with Crippen LogP contribution in [0.1, 0.15) is 46.0 Å². The fourth-order valence-corrected chi connectivity index (χ4v) is 6.24. The fraction of sp³-hybridized carbons (Fsp3) is 0.667. The van der Waals surface area contributed by atoms with E-state index in [4.69, 9.17) is 0 Å². The highest BCUT2D eigenvalue weighted by Gasteiger charge is 2.44. The van der Waals surface area contributed by atoms with Gasteiger partial charge in [0.05, 0.1) is 15.9 Å². The lowest BCUT2D eigenvalue weighted by molar-refractivity contribution is -0.385. The van der Waals surface area contributed by atoms with Crippen LogP contribution in [-0.2, 0) is 14.8 Å². The van der Waals surface area contributed by atoms with Gasteiger partial charge in [0.25, 0.3) is 5.69 Å². The average Bonchev–Trinajstić information content (AvgIpc) is 3.57. The summed E-state index contributed by atoms with van der Waals surface area (Å²) in [6.07, 6.45) is 3.47. The fourth-order valence-electron chi connectivity index (χ4n) is 4.27. The summed E-state index contributed by atoms with van der Waals surface area (Å²) in [5, 5.41) is 14.2. The Morgan fingerprint density at radius 2 is 1.84 bits per heavy atom. The number of nitro groups is 1. The van der Waals surface area contributed by atoms with Gasteiger partial charge in [-0.25, -0.2) is 8.42 Å². The first-order valence-corrected chi connectivity index (χ1v) is 12.3. The highest BCUT2D eigenvalue weighted by molar-refractivity contribution is 7.89. The quantitative estimate of drug-likeness (QED) is 0.455. The molecule has 1 aliphatic heterocycles. The second-order valence-corrected chi connectivity index (χ2v) is 10.7. The van der Waals surface area contributed by atoms with E-state index < -0.39 is 14.9 Å². The Kier molecular flexibility index (Phi) is 7.33. The molecule has 0 spiro atoms. The smallest absolute Gasteiger partial charge is 0.270 e. The lowest BCUT2D eigenvalue weighted by atomic mass is 10.00. The Morgan fingerprint density at radius 3 is 2.35 bits per heavy atom. The first-order chi connectivity index (χ1) is 14.6. The number of nitro benzene ring substituents is 1. The second-order valence-electron chi connectivity index (χ2n) is 8.85. The Morgan fingerprint density at radius 1 is 1.23 bits per heavy atom. The van der Waals surface area contributed by atoms with Crippen LogP contribution in [-0.4, -0.2) is 66.7 Å². The average molecular weight is 453 g/mol. The summed E-state index contributed by atoms with van der Waals surface area (Å²) in [6.45, 7) is 5.17. The Labute approximate surface area is 184 Å². The van der Waals surface area contributed by atoms with E-state index in [1.54, 1.807) is 11.4 Å². The van der Waals surface area contributed by atoms with Crippen molar-refractivity contribution in [1.29, 1.82) is 0 Å². The summed E-state index contributed by atoms with van der Waals surface area (Å²) in [5.74, 6) is 0.457. The molecule has 1 aromatic carbocycles. The van der Waals surface area contributed by atoms with Crippen LogP contribution in [0.5, 0.6) is 0 Å². The summed E-state index contributed by atoms with van der Waals surface area (Å²) in [6, 6.07) is 4.74. The molecule has 1 atom stereocenters. The predicted octanol–water partition coefficient (Wildman–Crippen LogP) is 2.37. The number of carbonyl (C=O) groups is 1. The molecular weight excluding hydrogens is 420 g/mol. The third-order valence-corrected chi connectivity index (χ3v) is 8.00. The number of piperidine rings is 1. The Bertz CT molecular complexity index is 908. The van der Waals surface area contributed by atoms with Gasteiger partial charge in [0.1, 0.15) is 0 Å². The first-order valence-electron chi connectivity index (χ1n) is 10.9. The summed E-state index contributed by atoms with van der Waals surface area (Å²) < 4.78 is 28.3. The highest BCUT2D eigenvalue weighted by atomic mass is 32.2. The van der Waals surface area contributed by atoms with Crippen molar-refractivity contribution in [3.63, 3.8) is 0 Å². The van der Waals surface area contributed by atoms with Crippen LogP contribution in [0.15, 0.2) is 29.2 Å². The molecule has 1 N–H and O–H groups in total. The zero-order chi connectivity index (χ0) is 22.8. The molecule has 0 aromatic heterocycles. The lowest BCUT2D eigenvalue weighted by Gasteiger charge is -2.39. The van der Waals surface area contributed by atoms with Gasteiger partial charge in [-0.15, -0.1) is 0 Å². The zero-order valence-corrected chi connectivity index (χ0v) is 19.2. The first kappa shape index (κ1) is 23.6. The van der Waals surface area contributed by atoms with E-state index in [2.05, 4.69) is 19.2 Å². The molecule has 31 heavy (non-hydrogen) atoms. The minimum Gasteiger partial charge on any atom is -0.341 e. The van der Waals surface area contributed by atoms with E-state index in [9.17, 15) is 23.3 Å². The number of rotatable bonds is 9. The summed E-state index contributed by atoms with van der Waals surface area (Å²) in [5.41, 5.74) is -0.236. The number of amides is 1. The number of hydrogen-bond donors (Lipinski definition) is 1. The molecule has 2 aliphatic rings. The zero-order valence-electron chi connectivity index (χ0n) is 18.4. The SMILES string of the molecule is CN[C@@H](CC(C)C)C(=O)N1CCC(N(C2CC2)S(=O)(=O)c2cccc([N+](=O)[O-])c2)CC1. The number of carbonyl (C=O) groups excluding carboxylic acids is 1. The molecule has 1 aromatic rings. The van der Waals surface area contributed by atoms with Crippen molar-refractivity contribution < 1.29 is 18.1 Å². The molecular formula is C21H32N4O5S. The van der Waals surface area contributed by atoms with Gasteiger partial charge in [-0.1, -0.05) is 19.9 Å². The van der Waals surface area contributed by atoms with Crippen LogP contribution in [0.4, 0.5) is 5.69 Å². The van der Waals surface area contributed by atoms with E-state index in [0.29, 0.717) is 31.8 Å². The molecule has 1 saturated carbocycles. The molecule has 3 rings (SSSR count). The molecule has 1 amide bonds. The third kappa shape index (κ3) is 5.42. The number of non-ortho nitro benzene ring substituents is 1. The molecule has 0 bridgehead atoms. The van der Waals surface area contributed by atoms with Gasteiger partial charge in [-0.05, 0) is 51.1 Å². The minimum atomic E-state index is -3.85. The standard InChI is InChI=1S/C21H32N4O5S/c1-15(2)13-20(22-3)21(26)23-11-9-17(10-12-23)24(16-7-8-16)31(29,30)19-6-4-5-18(14-19)25(27)28/h4-6,14-17,20,22H,7-13H2,1-3H3/t20-/m0/s1. The van der Waals surface area contributed by atoms with Gasteiger partial charge >= 0.3 is 0 Å². The molecule has 0 radical (unpaired) electrons. The highest BCUT2D eigenvalue weighted by Crippen LogP contribution is 2.37. The number of likely N-dealkylation sites (tertiary alicyclic amines) is 1. The maximum atomic E-state index is 13.4. The van der Waals surface area contributed by atoms with Crippen LogP contribution >= 0.6 is 0 Å². The van der Waals surface area contributed by atoms with E-state index >= 15 is 0 Å². The van der Waals surface area contributed by atoms with E-state index in [1.165, 1.54) is 18.2 Å². The van der Waals surface area contributed by atoms with Crippen LogP contribution in [0.25, 0.3) is 0 Å². The molecule has 172 valence electrons. The van der Waals surface area contributed by atoms with Gasteiger partial charge < -0.3 is 10.2 Å². The van der Waals surface area contributed by atoms with Crippen LogP contribution in [0.2, 0.25) is 0 Å². The van der Waals surface area contributed by atoms with Gasteiger partial charge in [0, 0.05) is 37.3 Å². The van der Waals surface area contributed by atoms with E-state index in [1.807, 2.05) is 4.90 Å². The predicted molar refractivity (Wildman–Crippen MR) is 117 cm³/mol. The minimum absolute atomic E-state index is 0.0423. The third-order valence-electron chi connectivity index (χ3n) is 6.00. The van der Waals surface area contributed by atoms with Gasteiger partial charge in [0.15, 0.2) is 0 Å². The van der Waals surface area contributed by atoms with Gasteiger partial charge in [0.2, 0.25) is 15.9 Å². The lowest BCUT2D eigenvalue weighted by Crippen LogP contribution is -2.53. The van der Waals surface area contributed by atoms with Gasteiger partial charge in [-0.3, -0.25) is 14.9 Å². The molecule has 1 heterocycles.